The zero-order valence-electron chi connectivity index (χ0n) is 10.1. The molecule has 0 amide bonds. The van der Waals surface area contributed by atoms with Crippen molar-refractivity contribution in [2.24, 2.45) is 11.7 Å². The second-order valence-electron chi connectivity index (χ2n) is 4.54. The Morgan fingerprint density at radius 1 is 1.07 bits per heavy atom. The van der Waals surface area contributed by atoms with E-state index in [1.807, 2.05) is 11.8 Å². The van der Waals surface area contributed by atoms with Crippen LogP contribution in [-0.2, 0) is 0 Å². The fourth-order valence-corrected chi connectivity index (χ4v) is 2.45. The monoisotopic (exact) mass is 217 g/mol. The van der Waals surface area contributed by atoms with Gasteiger partial charge in [-0.15, -0.1) is 0 Å². The first-order chi connectivity index (χ1) is 6.66. The van der Waals surface area contributed by atoms with E-state index >= 15 is 0 Å². The average Bonchev–Trinajstić information content (AvgIpc) is 2.12. The van der Waals surface area contributed by atoms with Gasteiger partial charge in [-0.3, -0.25) is 0 Å². The molecule has 1 atom stereocenters. The largest absolute Gasteiger partial charge is 0.327 e. The highest BCUT2D eigenvalue weighted by Crippen LogP contribution is 2.11. The second kappa shape index (κ2) is 9.85. The Labute approximate surface area is 94.2 Å². The first-order valence-corrected chi connectivity index (χ1v) is 7.15. The summed E-state index contributed by atoms with van der Waals surface area (Å²) in [4.78, 5) is 0. The van der Waals surface area contributed by atoms with Gasteiger partial charge in [0.1, 0.15) is 0 Å². The van der Waals surface area contributed by atoms with Crippen LogP contribution in [0.15, 0.2) is 0 Å². The van der Waals surface area contributed by atoms with Gasteiger partial charge in [0, 0.05) is 11.8 Å². The summed E-state index contributed by atoms with van der Waals surface area (Å²) in [5.41, 5.74) is 6.02. The Kier molecular flexibility index (Phi) is 10.1. The maximum Gasteiger partial charge on any atom is 0.0130 e. The quantitative estimate of drug-likeness (QED) is 0.596. The Morgan fingerprint density at radius 3 is 2.36 bits per heavy atom. The third-order valence-corrected chi connectivity index (χ3v) is 3.78. The van der Waals surface area contributed by atoms with Gasteiger partial charge in [-0.05, 0) is 18.1 Å². The molecule has 0 aromatic carbocycles. The van der Waals surface area contributed by atoms with Crippen LogP contribution in [-0.4, -0.2) is 17.5 Å². The van der Waals surface area contributed by atoms with Crippen LogP contribution in [0.2, 0.25) is 0 Å². The lowest BCUT2D eigenvalue weighted by Crippen LogP contribution is -2.23. The van der Waals surface area contributed by atoms with Gasteiger partial charge < -0.3 is 5.73 Å². The Balaban J connectivity index is 3.15. The van der Waals surface area contributed by atoms with E-state index in [2.05, 4.69) is 20.8 Å². The highest BCUT2D eigenvalue weighted by Gasteiger charge is 2.03. The van der Waals surface area contributed by atoms with Gasteiger partial charge in [0.05, 0.1) is 0 Å². The van der Waals surface area contributed by atoms with Gasteiger partial charge in [0.15, 0.2) is 0 Å². The molecule has 0 fully saturated rings. The van der Waals surface area contributed by atoms with E-state index in [9.17, 15) is 0 Å². The topological polar surface area (TPSA) is 26.0 Å². The molecule has 14 heavy (non-hydrogen) atoms. The maximum atomic E-state index is 6.02. The molecule has 0 aliphatic rings. The van der Waals surface area contributed by atoms with Crippen molar-refractivity contribution in [3.63, 3.8) is 0 Å². The minimum atomic E-state index is 0.426. The van der Waals surface area contributed by atoms with Crippen molar-refractivity contribution in [1.82, 2.24) is 0 Å². The molecule has 0 heterocycles. The minimum absolute atomic E-state index is 0.426. The van der Waals surface area contributed by atoms with Crippen molar-refractivity contribution in [2.45, 2.75) is 58.9 Å². The van der Waals surface area contributed by atoms with Gasteiger partial charge in [-0.1, -0.05) is 46.5 Å². The first-order valence-electron chi connectivity index (χ1n) is 6.00. The molecular weight excluding hydrogens is 190 g/mol. The Hall–Kier alpha value is 0.310. The predicted octanol–water partition coefficient (Wildman–Crippen LogP) is 3.67. The van der Waals surface area contributed by atoms with Crippen molar-refractivity contribution in [3.8, 4) is 0 Å². The van der Waals surface area contributed by atoms with Crippen LogP contribution >= 0.6 is 11.8 Å². The van der Waals surface area contributed by atoms with Crippen molar-refractivity contribution in [3.05, 3.63) is 0 Å². The molecule has 0 aliphatic heterocycles. The van der Waals surface area contributed by atoms with Gasteiger partial charge in [-0.2, -0.15) is 11.8 Å². The van der Waals surface area contributed by atoms with E-state index in [0.29, 0.717) is 6.04 Å². The molecule has 0 bridgehead atoms. The molecule has 0 radical (unpaired) electrons. The zero-order valence-corrected chi connectivity index (χ0v) is 10.9. The molecule has 2 heteroatoms. The summed E-state index contributed by atoms with van der Waals surface area (Å²) in [6.07, 6.45) is 6.57. The molecule has 0 aromatic rings. The summed E-state index contributed by atoms with van der Waals surface area (Å²) in [7, 11) is 0. The SMILES string of the molecule is CCCCCCC(N)CSCC(C)C. The number of hydrogen-bond donors (Lipinski definition) is 1. The summed E-state index contributed by atoms with van der Waals surface area (Å²) >= 11 is 2.01. The lowest BCUT2D eigenvalue weighted by molar-refractivity contribution is 0.579. The van der Waals surface area contributed by atoms with E-state index in [4.69, 9.17) is 5.73 Å². The van der Waals surface area contributed by atoms with Gasteiger partial charge in [0.2, 0.25) is 0 Å². The van der Waals surface area contributed by atoms with Crippen molar-refractivity contribution in [2.75, 3.05) is 11.5 Å². The molecule has 0 saturated carbocycles. The maximum absolute atomic E-state index is 6.02. The number of thioether (sulfide) groups is 1. The summed E-state index contributed by atoms with van der Waals surface area (Å²) in [6.45, 7) is 6.78. The normalized spacial score (nSPS) is 13.5. The summed E-state index contributed by atoms with van der Waals surface area (Å²) in [6, 6.07) is 0.426. The zero-order chi connectivity index (χ0) is 10.8. The standard InChI is InChI=1S/C12H27NS/c1-4-5-6-7-8-12(13)10-14-9-11(2)3/h11-12H,4-10,13H2,1-3H3. The highest BCUT2D eigenvalue weighted by atomic mass is 32.2. The number of unbranched alkanes of at least 4 members (excludes halogenated alkanes) is 3. The van der Waals surface area contributed by atoms with E-state index in [1.54, 1.807) is 0 Å². The van der Waals surface area contributed by atoms with Crippen LogP contribution < -0.4 is 5.73 Å². The van der Waals surface area contributed by atoms with Crippen LogP contribution in [0.4, 0.5) is 0 Å². The smallest absolute Gasteiger partial charge is 0.0130 e. The minimum Gasteiger partial charge on any atom is -0.327 e. The lowest BCUT2D eigenvalue weighted by Gasteiger charge is -2.11. The lowest BCUT2D eigenvalue weighted by atomic mass is 10.1. The molecular formula is C12H27NS. The predicted molar refractivity (Wildman–Crippen MR) is 68.9 cm³/mol. The Morgan fingerprint density at radius 2 is 1.79 bits per heavy atom. The van der Waals surface area contributed by atoms with Crippen LogP contribution in [0.3, 0.4) is 0 Å². The number of rotatable bonds is 9. The van der Waals surface area contributed by atoms with Crippen LogP contribution in [0.5, 0.6) is 0 Å². The van der Waals surface area contributed by atoms with Gasteiger partial charge >= 0.3 is 0 Å². The van der Waals surface area contributed by atoms with Crippen molar-refractivity contribution in [1.29, 1.82) is 0 Å². The third kappa shape index (κ3) is 10.4. The molecule has 0 aliphatic carbocycles. The molecule has 0 rings (SSSR count). The molecule has 0 spiro atoms. The third-order valence-electron chi connectivity index (χ3n) is 2.21. The average molecular weight is 217 g/mol. The highest BCUT2D eigenvalue weighted by molar-refractivity contribution is 7.99. The molecule has 2 N–H and O–H groups in total. The fourth-order valence-electron chi connectivity index (χ4n) is 1.37. The molecule has 0 aromatic heterocycles. The number of hydrogen-bond acceptors (Lipinski definition) is 2. The number of nitrogens with two attached hydrogens (primary N) is 1. The molecule has 1 unspecified atom stereocenters. The van der Waals surface area contributed by atoms with Crippen LogP contribution in [0.1, 0.15) is 52.9 Å². The van der Waals surface area contributed by atoms with Crippen LogP contribution in [0.25, 0.3) is 0 Å². The Bertz CT molecular complexity index is 115. The van der Waals surface area contributed by atoms with Crippen molar-refractivity contribution >= 4 is 11.8 Å². The van der Waals surface area contributed by atoms with Gasteiger partial charge in [-0.25, -0.2) is 0 Å². The first kappa shape index (κ1) is 14.3. The molecule has 1 nitrogen and oxygen atoms in total. The summed E-state index contributed by atoms with van der Waals surface area (Å²) < 4.78 is 0. The molecule has 0 saturated heterocycles. The summed E-state index contributed by atoms with van der Waals surface area (Å²) in [5.74, 6) is 3.19. The van der Waals surface area contributed by atoms with E-state index in [-0.39, 0.29) is 0 Å². The summed E-state index contributed by atoms with van der Waals surface area (Å²) in [5, 5.41) is 0. The fraction of sp³-hybridized carbons (Fsp3) is 1.00. The second-order valence-corrected chi connectivity index (χ2v) is 5.62. The van der Waals surface area contributed by atoms with Crippen LogP contribution in [0, 0.1) is 5.92 Å². The van der Waals surface area contributed by atoms with E-state index < -0.39 is 0 Å². The molecule has 86 valence electrons. The van der Waals surface area contributed by atoms with E-state index in [1.165, 1.54) is 37.9 Å². The van der Waals surface area contributed by atoms with Gasteiger partial charge in [0.25, 0.3) is 0 Å². The van der Waals surface area contributed by atoms with Crippen molar-refractivity contribution < 1.29 is 0 Å². The van der Waals surface area contributed by atoms with E-state index in [0.717, 1.165) is 11.7 Å².